The average molecular weight is 334 g/mol. The van der Waals surface area contributed by atoms with Gasteiger partial charge in [0.25, 0.3) is 5.91 Å². The maximum absolute atomic E-state index is 13.7. The highest BCUT2D eigenvalue weighted by Crippen LogP contribution is 2.21. The van der Waals surface area contributed by atoms with Crippen LogP contribution in [-0.4, -0.2) is 37.6 Å². The molecule has 1 aromatic rings. The quantitative estimate of drug-likeness (QED) is 0.851. The van der Waals surface area contributed by atoms with Crippen LogP contribution in [0.2, 0.25) is 0 Å². The highest BCUT2D eigenvalue weighted by molar-refractivity contribution is 9.10. The van der Waals surface area contributed by atoms with Gasteiger partial charge in [0.05, 0.1) is 6.61 Å². The van der Waals surface area contributed by atoms with E-state index < -0.39 is 23.1 Å². The topological polar surface area (TPSA) is 29.5 Å². The Labute approximate surface area is 118 Å². The van der Waals surface area contributed by atoms with E-state index in [0.717, 1.165) is 18.6 Å². The smallest absolute Gasteiger partial charge is 0.259 e. The maximum Gasteiger partial charge on any atom is 0.259 e. The molecule has 2 rings (SSSR count). The Balaban J connectivity index is 2.14. The standard InChI is InChI=1S/C13H14BrF2NO2/c1-17(6-8-2-3-19-7-8)13(18)12-10(15)4-9(14)5-11(12)16/h4-5,8H,2-3,6-7H2,1H3. The average Bonchev–Trinajstić information content (AvgIpc) is 2.80. The van der Waals surface area contributed by atoms with Crippen LogP contribution in [0.5, 0.6) is 0 Å². The van der Waals surface area contributed by atoms with Gasteiger partial charge in [0.15, 0.2) is 0 Å². The molecule has 0 aromatic heterocycles. The molecule has 0 saturated carbocycles. The van der Waals surface area contributed by atoms with E-state index in [1.165, 1.54) is 4.90 Å². The summed E-state index contributed by atoms with van der Waals surface area (Å²) >= 11 is 2.98. The number of ether oxygens (including phenoxy) is 1. The van der Waals surface area contributed by atoms with Crippen molar-refractivity contribution in [1.29, 1.82) is 0 Å². The van der Waals surface area contributed by atoms with Crippen molar-refractivity contribution >= 4 is 21.8 Å². The monoisotopic (exact) mass is 333 g/mol. The van der Waals surface area contributed by atoms with Crippen molar-refractivity contribution in [2.45, 2.75) is 6.42 Å². The third-order valence-electron chi connectivity index (χ3n) is 3.12. The van der Waals surface area contributed by atoms with Gasteiger partial charge in [-0.15, -0.1) is 0 Å². The van der Waals surface area contributed by atoms with E-state index in [2.05, 4.69) is 15.9 Å². The zero-order valence-corrected chi connectivity index (χ0v) is 12.0. The number of hydrogen-bond acceptors (Lipinski definition) is 2. The van der Waals surface area contributed by atoms with Crippen molar-refractivity contribution in [3.63, 3.8) is 0 Å². The lowest BCUT2D eigenvalue weighted by molar-refractivity contribution is 0.0756. The summed E-state index contributed by atoms with van der Waals surface area (Å²) in [5.74, 6) is -2.12. The summed E-state index contributed by atoms with van der Waals surface area (Å²) in [5.41, 5.74) is -0.510. The molecule has 1 unspecified atom stereocenters. The normalized spacial score (nSPS) is 18.6. The molecule has 1 aromatic carbocycles. The van der Waals surface area contributed by atoms with E-state index in [-0.39, 0.29) is 10.4 Å². The molecule has 1 amide bonds. The number of carbonyl (C=O) groups excluding carboxylic acids is 1. The molecule has 0 spiro atoms. The molecule has 0 radical (unpaired) electrons. The minimum absolute atomic E-state index is 0.232. The Kier molecular flexibility index (Phi) is 4.52. The molecule has 3 nitrogen and oxygen atoms in total. The van der Waals surface area contributed by atoms with Gasteiger partial charge in [-0.3, -0.25) is 4.79 Å². The van der Waals surface area contributed by atoms with Gasteiger partial charge >= 0.3 is 0 Å². The Hall–Kier alpha value is -1.01. The lowest BCUT2D eigenvalue weighted by Gasteiger charge is -2.21. The molecule has 1 saturated heterocycles. The van der Waals surface area contributed by atoms with Crippen molar-refractivity contribution in [3.8, 4) is 0 Å². The van der Waals surface area contributed by atoms with Crippen molar-refractivity contribution < 1.29 is 18.3 Å². The van der Waals surface area contributed by atoms with Crippen LogP contribution in [0.25, 0.3) is 0 Å². The van der Waals surface area contributed by atoms with Crippen LogP contribution in [0.4, 0.5) is 8.78 Å². The van der Waals surface area contributed by atoms with Crippen molar-refractivity contribution in [2.24, 2.45) is 5.92 Å². The largest absolute Gasteiger partial charge is 0.381 e. The molecule has 0 bridgehead atoms. The fourth-order valence-corrected chi connectivity index (χ4v) is 2.54. The second kappa shape index (κ2) is 5.96. The Morgan fingerprint density at radius 2 is 2.11 bits per heavy atom. The number of hydrogen-bond donors (Lipinski definition) is 0. The summed E-state index contributed by atoms with van der Waals surface area (Å²) in [5, 5.41) is 0. The van der Waals surface area contributed by atoms with Gasteiger partial charge in [-0.1, -0.05) is 15.9 Å². The first kappa shape index (κ1) is 14.4. The molecule has 104 valence electrons. The number of nitrogens with zero attached hydrogens (tertiary/aromatic N) is 1. The lowest BCUT2D eigenvalue weighted by atomic mass is 10.1. The molecule has 1 aliphatic rings. The highest BCUT2D eigenvalue weighted by atomic mass is 79.9. The van der Waals surface area contributed by atoms with Crippen LogP contribution in [0.15, 0.2) is 16.6 Å². The Morgan fingerprint density at radius 1 is 1.47 bits per heavy atom. The van der Waals surface area contributed by atoms with Crippen molar-refractivity contribution in [3.05, 3.63) is 33.8 Å². The predicted molar refractivity (Wildman–Crippen MR) is 69.9 cm³/mol. The number of carbonyl (C=O) groups is 1. The summed E-state index contributed by atoms with van der Waals surface area (Å²) in [4.78, 5) is 13.4. The zero-order valence-electron chi connectivity index (χ0n) is 10.5. The van der Waals surface area contributed by atoms with Crippen LogP contribution < -0.4 is 0 Å². The first-order valence-electron chi connectivity index (χ1n) is 5.96. The molecule has 19 heavy (non-hydrogen) atoms. The SMILES string of the molecule is CN(CC1CCOC1)C(=O)c1c(F)cc(Br)cc1F. The fourth-order valence-electron chi connectivity index (χ4n) is 2.13. The number of halogens is 3. The first-order valence-corrected chi connectivity index (χ1v) is 6.76. The third kappa shape index (κ3) is 3.30. The second-order valence-electron chi connectivity index (χ2n) is 4.66. The van der Waals surface area contributed by atoms with Crippen molar-refractivity contribution in [2.75, 3.05) is 26.8 Å². The molecule has 6 heteroatoms. The van der Waals surface area contributed by atoms with Crippen LogP contribution in [-0.2, 0) is 4.74 Å². The molecular weight excluding hydrogens is 320 g/mol. The van der Waals surface area contributed by atoms with Gasteiger partial charge in [-0.25, -0.2) is 8.78 Å². The Morgan fingerprint density at radius 3 is 2.63 bits per heavy atom. The molecule has 1 atom stereocenters. The van der Waals surface area contributed by atoms with Crippen LogP contribution in [0.3, 0.4) is 0 Å². The molecular formula is C13H14BrF2NO2. The van der Waals surface area contributed by atoms with E-state index in [1.54, 1.807) is 7.05 Å². The number of benzene rings is 1. The third-order valence-corrected chi connectivity index (χ3v) is 3.58. The van der Waals surface area contributed by atoms with Gasteiger partial charge in [-0.05, 0) is 18.6 Å². The van der Waals surface area contributed by atoms with E-state index in [4.69, 9.17) is 4.74 Å². The minimum atomic E-state index is -0.855. The van der Waals surface area contributed by atoms with Gasteiger partial charge in [0.2, 0.25) is 0 Å². The summed E-state index contributed by atoms with van der Waals surface area (Å²) in [6, 6.07) is 2.17. The summed E-state index contributed by atoms with van der Waals surface area (Å²) in [7, 11) is 1.54. The molecule has 1 aliphatic heterocycles. The Bertz CT molecular complexity index is 467. The summed E-state index contributed by atoms with van der Waals surface area (Å²) in [6.45, 7) is 1.70. The molecule has 0 aliphatic carbocycles. The zero-order chi connectivity index (χ0) is 14.0. The molecule has 0 N–H and O–H groups in total. The van der Waals surface area contributed by atoms with Gasteiger partial charge in [0, 0.05) is 30.6 Å². The minimum Gasteiger partial charge on any atom is -0.381 e. The number of rotatable bonds is 3. The molecule has 1 fully saturated rings. The highest BCUT2D eigenvalue weighted by Gasteiger charge is 2.25. The van der Waals surface area contributed by atoms with E-state index >= 15 is 0 Å². The predicted octanol–water partition coefficient (Wildman–Crippen LogP) is 2.84. The summed E-state index contributed by atoms with van der Waals surface area (Å²) < 4.78 is 32.9. The lowest BCUT2D eigenvalue weighted by Crippen LogP contribution is -2.33. The second-order valence-corrected chi connectivity index (χ2v) is 5.58. The fraction of sp³-hybridized carbons (Fsp3) is 0.462. The van der Waals surface area contributed by atoms with Gasteiger partial charge in [-0.2, -0.15) is 0 Å². The van der Waals surface area contributed by atoms with Crippen LogP contribution in [0, 0.1) is 17.6 Å². The first-order chi connectivity index (χ1) is 8.99. The summed E-state index contributed by atoms with van der Waals surface area (Å²) in [6.07, 6.45) is 0.864. The van der Waals surface area contributed by atoms with E-state index in [0.29, 0.717) is 19.8 Å². The van der Waals surface area contributed by atoms with Gasteiger partial charge in [0.1, 0.15) is 17.2 Å². The van der Waals surface area contributed by atoms with Crippen LogP contribution >= 0.6 is 15.9 Å². The number of amides is 1. The van der Waals surface area contributed by atoms with Gasteiger partial charge < -0.3 is 9.64 Å². The van der Waals surface area contributed by atoms with E-state index in [9.17, 15) is 13.6 Å². The maximum atomic E-state index is 13.7. The molecule has 1 heterocycles. The van der Waals surface area contributed by atoms with Crippen LogP contribution in [0.1, 0.15) is 16.8 Å². The van der Waals surface area contributed by atoms with E-state index in [1.807, 2.05) is 0 Å². The van der Waals surface area contributed by atoms with Crippen molar-refractivity contribution in [1.82, 2.24) is 4.90 Å².